The van der Waals surface area contributed by atoms with Gasteiger partial charge < -0.3 is 14.9 Å². The highest BCUT2D eigenvalue weighted by molar-refractivity contribution is 6.42. The van der Waals surface area contributed by atoms with Gasteiger partial charge >= 0.3 is 0 Å². The van der Waals surface area contributed by atoms with E-state index in [4.69, 9.17) is 55.9 Å². The fourth-order valence-electron chi connectivity index (χ4n) is 1.58. The van der Waals surface area contributed by atoms with Crippen molar-refractivity contribution in [3.63, 3.8) is 0 Å². The second kappa shape index (κ2) is 5.27. The van der Waals surface area contributed by atoms with Crippen molar-refractivity contribution in [3.05, 3.63) is 44.4 Å². The van der Waals surface area contributed by atoms with E-state index in [-0.39, 0.29) is 5.48 Å². The smallest absolute Gasteiger partial charge is 0.171 e. The summed E-state index contributed by atoms with van der Waals surface area (Å²) in [7, 11) is 0. The van der Waals surface area contributed by atoms with Crippen molar-refractivity contribution in [1.29, 1.82) is 0 Å². The molecule has 2 N–H and O–H groups in total. The molecule has 100 valence electrons. The van der Waals surface area contributed by atoms with E-state index in [0.29, 0.717) is 43.1 Å². The monoisotopic (exact) mass is 338 g/mol. The number of fused-ring (bicyclic) bond motifs is 2. The minimum atomic E-state index is 0. The van der Waals surface area contributed by atoms with E-state index >= 15 is 0 Å². The van der Waals surface area contributed by atoms with E-state index in [9.17, 15) is 0 Å². The molecule has 2 aromatic rings. The summed E-state index contributed by atoms with van der Waals surface area (Å²) < 4.78 is 11.3. The zero-order chi connectivity index (χ0) is 12.9. The molecule has 0 saturated carbocycles. The fraction of sp³-hybridized carbons (Fsp3) is 0. The van der Waals surface area contributed by atoms with Crippen LogP contribution >= 0.6 is 46.4 Å². The van der Waals surface area contributed by atoms with E-state index in [1.807, 2.05) is 0 Å². The van der Waals surface area contributed by atoms with Crippen LogP contribution in [0, 0.1) is 0 Å². The lowest BCUT2D eigenvalue weighted by molar-refractivity contribution is 0.359. The van der Waals surface area contributed by atoms with E-state index in [1.54, 1.807) is 24.3 Å². The van der Waals surface area contributed by atoms with Crippen LogP contribution in [0.15, 0.2) is 24.3 Å². The molecule has 0 aliphatic carbocycles. The SMILES string of the molecule is Clc1cc2c(cc1Cl)Oc1cc(Cl)c(Cl)cc1O2.O. The lowest BCUT2D eigenvalue weighted by Crippen LogP contribution is -1.99. The predicted octanol–water partition coefficient (Wildman–Crippen LogP) is 5.37. The Morgan fingerprint density at radius 2 is 0.737 bits per heavy atom. The first kappa shape index (κ1) is 14.6. The largest absolute Gasteiger partial charge is 0.449 e. The molecule has 1 heterocycles. The molecule has 1 aliphatic heterocycles. The summed E-state index contributed by atoms with van der Waals surface area (Å²) in [6, 6.07) is 6.35. The molecule has 3 rings (SSSR count). The molecule has 3 nitrogen and oxygen atoms in total. The van der Waals surface area contributed by atoms with E-state index in [0.717, 1.165) is 0 Å². The van der Waals surface area contributed by atoms with Crippen LogP contribution in [0.1, 0.15) is 0 Å². The predicted molar refractivity (Wildman–Crippen MR) is 76.7 cm³/mol. The molecule has 0 atom stereocenters. The van der Waals surface area contributed by atoms with Gasteiger partial charge in [0.25, 0.3) is 0 Å². The van der Waals surface area contributed by atoms with Crippen LogP contribution in [0.3, 0.4) is 0 Å². The summed E-state index contributed by atoms with van der Waals surface area (Å²) in [5.74, 6) is 1.93. The molecule has 1 aliphatic rings. The first-order chi connectivity index (χ1) is 8.54. The molecule has 7 heteroatoms. The van der Waals surface area contributed by atoms with Crippen molar-refractivity contribution in [3.8, 4) is 23.0 Å². The summed E-state index contributed by atoms with van der Waals surface area (Å²) in [5.41, 5.74) is 0. The van der Waals surface area contributed by atoms with E-state index in [1.165, 1.54) is 0 Å². The number of rotatable bonds is 0. The molecule has 0 amide bonds. The van der Waals surface area contributed by atoms with Gasteiger partial charge in [-0.15, -0.1) is 0 Å². The lowest BCUT2D eigenvalue weighted by atomic mass is 10.2. The molecule has 2 aromatic carbocycles. The molecule has 0 saturated heterocycles. The number of benzene rings is 2. The summed E-state index contributed by atoms with van der Waals surface area (Å²) in [6.45, 7) is 0. The minimum Gasteiger partial charge on any atom is -0.449 e. The van der Waals surface area contributed by atoms with Gasteiger partial charge in [-0.1, -0.05) is 46.4 Å². The molecule has 0 spiro atoms. The summed E-state index contributed by atoms with van der Waals surface area (Å²) >= 11 is 23.7. The highest BCUT2D eigenvalue weighted by atomic mass is 35.5. The number of halogens is 4. The maximum absolute atomic E-state index is 5.91. The average Bonchev–Trinajstić information content (AvgIpc) is 2.31. The summed E-state index contributed by atoms with van der Waals surface area (Å²) in [4.78, 5) is 0. The minimum absolute atomic E-state index is 0. The van der Waals surface area contributed by atoms with Gasteiger partial charge in [-0.3, -0.25) is 0 Å². The third-order valence-electron chi connectivity index (χ3n) is 2.41. The number of hydrogen-bond donors (Lipinski definition) is 0. The molecule has 0 aromatic heterocycles. The first-order valence-corrected chi connectivity index (χ1v) is 6.39. The van der Waals surface area contributed by atoms with Crippen molar-refractivity contribution in [2.24, 2.45) is 0 Å². The van der Waals surface area contributed by atoms with Crippen LogP contribution < -0.4 is 9.47 Å². The van der Waals surface area contributed by atoms with Gasteiger partial charge in [-0.05, 0) is 0 Å². The highest BCUT2D eigenvalue weighted by Gasteiger charge is 2.21. The second-order valence-corrected chi connectivity index (χ2v) is 5.26. The molecule has 0 radical (unpaired) electrons. The van der Waals surface area contributed by atoms with Crippen LogP contribution in [-0.2, 0) is 0 Å². The fourth-order valence-corrected chi connectivity index (χ4v) is 2.19. The second-order valence-electron chi connectivity index (χ2n) is 3.63. The maximum Gasteiger partial charge on any atom is 0.171 e. The van der Waals surface area contributed by atoms with Crippen LogP contribution in [-0.4, -0.2) is 5.48 Å². The third kappa shape index (κ3) is 2.57. The van der Waals surface area contributed by atoms with E-state index < -0.39 is 0 Å². The van der Waals surface area contributed by atoms with Gasteiger partial charge in [0.1, 0.15) is 0 Å². The summed E-state index contributed by atoms with van der Waals surface area (Å²) in [5, 5.41) is 1.56. The third-order valence-corrected chi connectivity index (χ3v) is 3.86. The zero-order valence-corrected chi connectivity index (χ0v) is 12.2. The zero-order valence-electron chi connectivity index (χ0n) is 9.14. The van der Waals surface area contributed by atoms with Crippen molar-refractivity contribution in [1.82, 2.24) is 0 Å². The Morgan fingerprint density at radius 3 is 0.947 bits per heavy atom. The van der Waals surface area contributed by atoms with Crippen LogP contribution in [0.25, 0.3) is 0 Å². The van der Waals surface area contributed by atoms with Gasteiger partial charge in [-0.25, -0.2) is 0 Å². The van der Waals surface area contributed by atoms with Gasteiger partial charge in [0.15, 0.2) is 23.0 Å². The number of ether oxygens (including phenoxy) is 2. The Bertz CT molecular complexity index is 546. The molecule has 0 bridgehead atoms. The molecule has 0 unspecified atom stereocenters. The Kier molecular flexibility index (Phi) is 4.04. The van der Waals surface area contributed by atoms with Crippen molar-refractivity contribution in [2.45, 2.75) is 0 Å². The summed E-state index contributed by atoms with van der Waals surface area (Å²) in [6.07, 6.45) is 0. The normalized spacial score (nSPS) is 11.6. The number of hydrogen-bond acceptors (Lipinski definition) is 2. The molecular formula is C12H6Cl4O3. The Labute approximate surface area is 128 Å². The van der Waals surface area contributed by atoms with Crippen molar-refractivity contribution < 1.29 is 14.9 Å². The topological polar surface area (TPSA) is 50.0 Å². The van der Waals surface area contributed by atoms with Gasteiger partial charge in [0.05, 0.1) is 20.1 Å². The van der Waals surface area contributed by atoms with Gasteiger partial charge in [0, 0.05) is 24.3 Å². The van der Waals surface area contributed by atoms with Crippen LogP contribution in [0.2, 0.25) is 20.1 Å². The Hall–Kier alpha value is -0.840. The van der Waals surface area contributed by atoms with E-state index in [2.05, 4.69) is 0 Å². The Balaban J connectivity index is 0.00000133. The Morgan fingerprint density at radius 1 is 0.526 bits per heavy atom. The first-order valence-electron chi connectivity index (χ1n) is 4.88. The van der Waals surface area contributed by atoms with Crippen molar-refractivity contribution in [2.75, 3.05) is 0 Å². The molecular weight excluding hydrogens is 334 g/mol. The van der Waals surface area contributed by atoms with Crippen molar-refractivity contribution >= 4 is 46.4 Å². The molecule has 0 fully saturated rings. The standard InChI is InChI=1S/C12H4Cl4O2.H2O/c13-5-1-9-10(2-6(5)14)18-12-4-8(16)7(15)3-11(12)17-9;/h1-4H;1H2. The maximum atomic E-state index is 5.91. The highest BCUT2D eigenvalue weighted by Crippen LogP contribution is 2.49. The quantitative estimate of drug-likeness (QED) is 0.552. The average molecular weight is 340 g/mol. The van der Waals surface area contributed by atoms with Crippen LogP contribution in [0.5, 0.6) is 23.0 Å². The molecule has 19 heavy (non-hydrogen) atoms. The van der Waals surface area contributed by atoms with Gasteiger partial charge in [0.2, 0.25) is 0 Å². The van der Waals surface area contributed by atoms with Crippen LogP contribution in [0.4, 0.5) is 0 Å². The lowest BCUT2D eigenvalue weighted by Gasteiger charge is -2.21. The van der Waals surface area contributed by atoms with Gasteiger partial charge in [-0.2, -0.15) is 0 Å².